The van der Waals surface area contributed by atoms with E-state index in [1.54, 1.807) is 23.7 Å². The smallest absolute Gasteiger partial charge is 0.117 e. The van der Waals surface area contributed by atoms with Gasteiger partial charge in [0.1, 0.15) is 10.5 Å². The largest absolute Gasteiger partial charge is 0.264 e. The first-order valence-electron chi connectivity index (χ1n) is 6.61. The Kier molecular flexibility index (Phi) is 2.94. The predicted molar refractivity (Wildman–Crippen MR) is 88.1 cm³/mol. The van der Waals surface area contributed by atoms with Gasteiger partial charge in [-0.1, -0.05) is 18.2 Å². The Labute approximate surface area is 125 Å². The van der Waals surface area contributed by atoms with E-state index in [9.17, 15) is 0 Å². The highest BCUT2D eigenvalue weighted by Crippen LogP contribution is 2.23. The predicted octanol–water partition coefficient (Wildman–Crippen LogP) is 4.41. The molecule has 0 spiro atoms. The lowest BCUT2D eigenvalue weighted by Gasteiger charge is -1.98. The standard InChI is InChI=1S/C17H11N3S/c1-3-14-10-18-7-5-13(14)9-12(1)2-4-17-20-15-11-19-8-6-16(15)21-17/h1-11H/b4-2+. The van der Waals surface area contributed by atoms with Gasteiger partial charge in [-0.3, -0.25) is 9.97 Å². The second-order valence-corrected chi connectivity index (χ2v) is 5.77. The molecule has 3 heterocycles. The Bertz CT molecular complexity index is 923. The van der Waals surface area contributed by atoms with E-state index in [4.69, 9.17) is 0 Å². The van der Waals surface area contributed by atoms with E-state index < -0.39 is 0 Å². The van der Waals surface area contributed by atoms with Crippen LogP contribution in [-0.2, 0) is 0 Å². The van der Waals surface area contributed by atoms with E-state index in [-0.39, 0.29) is 0 Å². The molecule has 0 amide bonds. The van der Waals surface area contributed by atoms with E-state index in [0.29, 0.717) is 0 Å². The summed E-state index contributed by atoms with van der Waals surface area (Å²) in [4.78, 5) is 12.8. The number of nitrogens with zero attached hydrogens (tertiary/aromatic N) is 3. The molecule has 21 heavy (non-hydrogen) atoms. The van der Waals surface area contributed by atoms with Gasteiger partial charge in [-0.05, 0) is 35.2 Å². The number of hydrogen-bond acceptors (Lipinski definition) is 4. The average molecular weight is 289 g/mol. The van der Waals surface area contributed by atoms with Crippen LogP contribution in [-0.4, -0.2) is 15.0 Å². The van der Waals surface area contributed by atoms with Crippen molar-refractivity contribution < 1.29 is 0 Å². The summed E-state index contributed by atoms with van der Waals surface area (Å²) < 4.78 is 1.16. The van der Waals surface area contributed by atoms with Gasteiger partial charge < -0.3 is 0 Å². The van der Waals surface area contributed by atoms with Crippen LogP contribution in [0.15, 0.2) is 55.1 Å². The minimum Gasteiger partial charge on any atom is -0.264 e. The molecule has 0 aliphatic rings. The molecule has 4 aromatic rings. The normalized spacial score (nSPS) is 11.6. The van der Waals surface area contributed by atoms with Crippen LogP contribution in [0.5, 0.6) is 0 Å². The molecule has 1 aromatic carbocycles. The second-order valence-electron chi connectivity index (χ2n) is 4.71. The highest BCUT2D eigenvalue weighted by molar-refractivity contribution is 7.19. The Morgan fingerprint density at radius 3 is 2.71 bits per heavy atom. The fourth-order valence-corrected chi connectivity index (χ4v) is 3.08. The Hall–Kier alpha value is -2.59. The molecule has 100 valence electrons. The fraction of sp³-hybridized carbons (Fsp3) is 0. The Balaban J connectivity index is 1.69. The third-order valence-corrected chi connectivity index (χ3v) is 4.29. The summed E-state index contributed by atoms with van der Waals surface area (Å²) in [5, 5.41) is 3.34. The molecular weight excluding hydrogens is 278 g/mol. The number of aromatic nitrogens is 3. The minimum absolute atomic E-state index is 0.951. The number of thiazole rings is 1. The van der Waals surface area contributed by atoms with Crippen LogP contribution < -0.4 is 0 Å². The highest BCUT2D eigenvalue weighted by Gasteiger charge is 2.00. The van der Waals surface area contributed by atoms with Crippen LogP contribution >= 0.6 is 11.3 Å². The molecule has 0 N–H and O–H groups in total. The second kappa shape index (κ2) is 5.07. The summed E-state index contributed by atoms with van der Waals surface area (Å²) in [7, 11) is 0. The van der Waals surface area contributed by atoms with E-state index in [1.807, 2.05) is 30.6 Å². The van der Waals surface area contributed by atoms with Crippen LogP contribution in [0.4, 0.5) is 0 Å². The fourth-order valence-electron chi connectivity index (χ4n) is 2.24. The summed E-state index contributed by atoms with van der Waals surface area (Å²) >= 11 is 1.67. The molecule has 3 aromatic heterocycles. The van der Waals surface area contributed by atoms with Gasteiger partial charge in [0.05, 0.1) is 10.9 Å². The lowest BCUT2D eigenvalue weighted by atomic mass is 10.1. The molecule has 0 saturated heterocycles. The average Bonchev–Trinajstić information content (AvgIpc) is 2.95. The molecule has 0 fully saturated rings. The van der Waals surface area contributed by atoms with E-state index in [1.165, 1.54) is 5.39 Å². The van der Waals surface area contributed by atoms with Gasteiger partial charge in [-0.15, -0.1) is 11.3 Å². The maximum atomic E-state index is 4.55. The summed E-state index contributed by atoms with van der Waals surface area (Å²) in [5.74, 6) is 0. The summed E-state index contributed by atoms with van der Waals surface area (Å²) in [6, 6.07) is 10.4. The number of hydrogen-bond donors (Lipinski definition) is 0. The van der Waals surface area contributed by atoms with Crippen molar-refractivity contribution in [1.82, 2.24) is 15.0 Å². The molecule has 0 bridgehead atoms. The van der Waals surface area contributed by atoms with Crippen LogP contribution in [0, 0.1) is 0 Å². The number of pyridine rings is 2. The van der Waals surface area contributed by atoms with E-state index in [2.05, 4.69) is 39.2 Å². The van der Waals surface area contributed by atoms with Gasteiger partial charge in [0, 0.05) is 24.0 Å². The quantitative estimate of drug-likeness (QED) is 0.548. The third kappa shape index (κ3) is 2.41. The van der Waals surface area contributed by atoms with Crippen LogP contribution in [0.1, 0.15) is 10.6 Å². The Morgan fingerprint density at radius 1 is 0.857 bits per heavy atom. The lowest BCUT2D eigenvalue weighted by molar-refractivity contribution is 1.33. The zero-order valence-corrected chi connectivity index (χ0v) is 11.9. The molecule has 0 radical (unpaired) electrons. The van der Waals surface area contributed by atoms with Gasteiger partial charge in [0.2, 0.25) is 0 Å². The van der Waals surface area contributed by atoms with Crippen molar-refractivity contribution in [1.29, 1.82) is 0 Å². The van der Waals surface area contributed by atoms with Gasteiger partial charge in [0.15, 0.2) is 0 Å². The number of benzene rings is 1. The summed E-state index contributed by atoms with van der Waals surface area (Å²) in [5.41, 5.74) is 2.11. The van der Waals surface area contributed by atoms with E-state index >= 15 is 0 Å². The first-order chi connectivity index (χ1) is 10.4. The first-order valence-corrected chi connectivity index (χ1v) is 7.42. The van der Waals surface area contributed by atoms with Crippen LogP contribution in [0.2, 0.25) is 0 Å². The monoisotopic (exact) mass is 289 g/mol. The topological polar surface area (TPSA) is 38.7 Å². The van der Waals surface area contributed by atoms with Gasteiger partial charge in [0.25, 0.3) is 0 Å². The van der Waals surface area contributed by atoms with Crippen molar-refractivity contribution >= 4 is 44.5 Å². The van der Waals surface area contributed by atoms with Crippen molar-refractivity contribution in [2.45, 2.75) is 0 Å². The summed E-state index contributed by atoms with van der Waals surface area (Å²) in [6.45, 7) is 0. The molecule has 4 heteroatoms. The number of fused-ring (bicyclic) bond motifs is 2. The van der Waals surface area contributed by atoms with Crippen LogP contribution in [0.25, 0.3) is 33.1 Å². The molecule has 0 unspecified atom stereocenters. The SMILES string of the molecule is C(=C\c1nc2cnccc2s1)/c1ccc2cnccc2c1. The molecule has 0 saturated carbocycles. The van der Waals surface area contributed by atoms with Crippen LogP contribution in [0.3, 0.4) is 0 Å². The Morgan fingerprint density at radius 2 is 1.76 bits per heavy atom. The molecule has 0 aliphatic heterocycles. The highest BCUT2D eigenvalue weighted by atomic mass is 32.1. The molecule has 3 nitrogen and oxygen atoms in total. The number of rotatable bonds is 2. The maximum Gasteiger partial charge on any atom is 0.117 e. The minimum atomic E-state index is 0.951. The zero-order valence-electron chi connectivity index (χ0n) is 11.1. The van der Waals surface area contributed by atoms with Crippen molar-refractivity contribution in [2.75, 3.05) is 0 Å². The lowest BCUT2D eigenvalue weighted by Crippen LogP contribution is -1.77. The van der Waals surface area contributed by atoms with Crippen molar-refractivity contribution in [3.63, 3.8) is 0 Å². The van der Waals surface area contributed by atoms with E-state index in [0.717, 1.165) is 26.2 Å². The van der Waals surface area contributed by atoms with Crippen molar-refractivity contribution in [3.05, 3.63) is 65.7 Å². The van der Waals surface area contributed by atoms with Gasteiger partial charge >= 0.3 is 0 Å². The van der Waals surface area contributed by atoms with Crippen molar-refractivity contribution in [3.8, 4) is 0 Å². The first kappa shape index (κ1) is 12.2. The molecule has 0 aliphatic carbocycles. The third-order valence-electron chi connectivity index (χ3n) is 3.29. The molecule has 4 rings (SSSR count). The summed E-state index contributed by atoms with van der Waals surface area (Å²) in [6.07, 6.45) is 11.4. The molecular formula is C17H11N3S. The molecule has 0 atom stereocenters. The van der Waals surface area contributed by atoms with Gasteiger partial charge in [-0.2, -0.15) is 0 Å². The van der Waals surface area contributed by atoms with Gasteiger partial charge in [-0.25, -0.2) is 4.98 Å². The maximum absolute atomic E-state index is 4.55. The van der Waals surface area contributed by atoms with Crippen molar-refractivity contribution in [2.24, 2.45) is 0 Å². The zero-order chi connectivity index (χ0) is 14.1.